The van der Waals surface area contributed by atoms with Crippen molar-refractivity contribution in [2.24, 2.45) is 0 Å². The molecule has 0 spiro atoms. The molecule has 0 fully saturated rings. The lowest BCUT2D eigenvalue weighted by Crippen LogP contribution is -1.91. The van der Waals surface area contributed by atoms with E-state index in [-0.39, 0.29) is 6.61 Å². The number of nitrogens with zero attached hydrogens (tertiary/aromatic N) is 2. The Morgan fingerprint density at radius 2 is 2.25 bits per heavy atom. The van der Waals surface area contributed by atoms with Gasteiger partial charge in [-0.05, 0) is 12.1 Å². The molecule has 1 N–H and O–H groups in total. The van der Waals surface area contributed by atoms with Crippen LogP contribution < -0.4 is 4.74 Å². The maximum atomic E-state index is 8.75. The zero-order valence-corrected chi connectivity index (χ0v) is 8.92. The van der Waals surface area contributed by atoms with Crippen molar-refractivity contribution in [2.45, 2.75) is 0 Å². The van der Waals surface area contributed by atoms with Gasteiger partial charge in [-0.25, -0.2) is 4.98 Å². The number of aliphatic hydroxyl groups is 1. The number of fused-ring (bicyclic) bond motifs is 1. The largest absolute Gasteiger partial charge is 0.481 e. The van der Waals surface area contributed by atoms with Crippen LogP contribution >= 0.6 is 0 Å². The number of methoxy groups -OCH3 is 1. The molecule has 2 heterocycles. The van der Waals surface area contributed by atoms with E-state index in [2.05, 4.69) is 9.97 Å². The lowest BCUT2D eigenvalue weighted by atomic mass is 10.2. The van der Waals surface area contributed by atoms with Crippen molar-refractivity contribution in [3.63, 3.8) is 0 Å². The fraction of sp³-hybridized carbons (Fsp3) is 0.167. The van der Waals surface area contributed by atoms with Gasteiger partial charge in [-0.15, -0.1) is 0 Å². The van der Waals surface area contributed by atoms with E-state index in [4.69, 9.17) is 9.84 Å². The van der Waals surface area contributed by atoms with Gasteiger partial charge in [-0.2, -0.15) is 0 Å². The van der Waals surface area contributed by atoms with E-state index in [1.165, 1.54) is 0 Å². The summed E-state index contributed by atoms with van der Waals surface area (Å²) in [5, 5.41) is 8.75. The Bertz CT molecular complexity index is 523. The van der Waals surface area contributed by atoms with Gasteiger partial charge in [0, 0.05) is 17.8 Å². The zero-order valence-electron chi connectivity index (χ0n) is 8.92. The molecule has 0 aliphatic heterocycles. The van der Waals surface area contributed by atoms with E-state index in [9.17, 15) is 0 Å². The molecular formula is C12H12N2O2. The molecule has 2 aromatic rings. The van der Waals surface area contributed by atoms with Crippen LogP contribution in [0.4, 0.5) is 0 Å². The van der Waals surface area contributed by atoms with Gasteiger partial charge in [0.1, 0.15) is 0 Å². The Morgan fingerprint density at radius 1 is 1.38 bits per heavy atom. The Hall–Kier alpha value is -1.94. The van der Waals surface area contributed by atoms with Crippen molar-refractivity contribution < 1.29 is 9.84 Å². The van der Waals surface area contributed by atoms with Gasteiger partial charge >= 0.3 is 0 Å². The predicted molar refractivity (Wildman–Crippen MR) is 62.2 cm³/mol. The van der Waals surface area contributed by atoms with Crippen molar-refractivity contribution in [3.8, 4) is 5.88 Å². The minimum atomic E-state index is 0.00772. The van der Waals surface area contributed by atoms with E-state index in [1.807, 2.05) is 18.2 Å². The lowest BCUT2D eigenvalue weighted by molar-refractivity contribution is 0.343. The summed E-state index contributed by atoms with van der Waals surface area (Å²) in [6.45, 7) is 0.00772. The minimum absolute atomic E-state index is 0.00772. The Kier molecular flexibility index (Phi) is 3.12. The molecule has 82 valence electrons. The molecule has 0 amide bonds. The smallest absolute Gasteiger partial charge is 0.213 e. The first kappa shape index (κ1) is 10.6. The number of aliphatic hydroxyl groups excluding tert-OH is 1. The Morgan fingerprint density at radius 3 is 3.00 bits per heavy atom. The van der Waals surface area contributed by atoms with Gasteiger partial charge in [0.05, 0.1) is 24.8 Å². The molecule has 0 unspecified atom stereocenters. The molecule has 0 aliphatic rings. The highest BCUT2D eigenvalue weighted by atomic mass is 16.5. The summed E-state index contributed by atoms with van der Waals surface area (Å²) in [6, 6.07) is 5.48. The zero-order chi connectivity index (χ0) is 11.4. The van der Waals surface area contributed by atoms with Crippen LogP contribution in [0.15, 0.2) is 30.5 Å². The third-order valence-electron chi connectivity index (χ3n) is 2.20. The molecule has 0 aliphatic carbocycles. The van der Waals surface area contributed by atoms with Gasteiger partial charge in [-0.1, -0.05) is 12.2 Å². The van der Waals surface area contributed by atoms with Crippen molar-refractivity contribution in [1.29, 1.82) is 0 Å². The third kappa shape index (κ3) is 2.01. The summed E-state index contributed by atoms with van der Waals surface area (Å²) in [7, 11) is 1.58. The van der Waals surface area contributed by atoms with Gasteiger partial charge in [0.2, 0.25) is 5.88 Å². The minimum Gasteiger partial charge on any atom is -0.481 e. The first-order chi connectivity index (χ1) is 7.85. The number of hydrogen-bond donors (Lipinski definition) is 1. The molecule has 0 saturated heterocycles. The summed E-state index contributed by atoms with van der Waals surface area (Å²) in [5.41, 5.74) is 2.49. The second kappa shape index (κ2) is 4.72. The molecular weight excluding hydrogens is 204 g/mol. The van der Waals surface area contributed by atoms with Gasteiger partial charge in [0.25, 0.3) is 0 Å². The molecule has 0 atom stereocenters. The van der Waals surface area contributed by atoms with Crippen molar-refractivity contribution in [2.75, 3.05) is 13.7 Å². The summed E-state index contributed by atoms with van der Waals surface area (Å²) < 4.78 is 5.07. The average molecular weight is 216 g/mol. The van der Waals surface area contributed by atoms with Crippen LogP contribution in [0, 0.1) is 0 Å². The first-order valence-corrected chi connectivity index (χ1v) is 4.92. The second-order valence-corrected chi connectivity index (χ2v) is 3.21. The summed E-state index contributed by atoms with van der Waals surface area (Å²) >= 11 is 0. The van der Waals surface area contributed by atoms with E-state index >= 15 is 0 Å². The van der Waals surface area contributed by atoms with E-state index in [0.717, 1.165) is 16.6 Å². The summed E-state index contributed by atoms with van der Waals surface area (Å²) in [6.07, 6.45) is 5.19. The van der Waals surface area contributed by atoms with Gasteiger partial charge in [0.15, 0.2) is 0 Å². The molecule has 2 rings (SSSR count). The maximum absolute atomic E-state index is 8.75. The standard InChI is InChI=1S/C12H12N2O2/c1-16-11-5-4-10-12(14-11)9(3-2-8-15)6-7-13-10/h2-7,15H,8H2,1H3/b3-2+. The highest BCUT2D eigenvalue weighted by Crippen LogP contribution is 2.19. The molecule has 2 aromatic heterocycles. The second-order valence-electron chi connectivity index (χ2n) is 3.21. The average Bonchev–Trinajstić information content (AvgIpc) is 2.35. The van der Waals surface area contributed by atoms with E-state index < -0.39 is 0 Å². The van der Waals surface area contributed by atoms with Crippen molar-refractivity contribution in [3.05, 3.63) is 36.0 Å². The lowest BCUT2D eigenvalue weighted by Gasteiger charge is -2.03. The number of pyridine rings is 2. The SMILES string of the molecule is COc1ccc2nccc(/C=C/CO)c2n1. The van der Waals surface area contributed by atoms with Gasteiger partial charge in [-0.3, -0.25) is 4.98 Å². The highest BCUT2D eigenvalue weighted by molar-refractivity contribution is 5.84. The third-order valence-corrected chi connectivity index (χ3v) is 2.20. The Labute approximate surface area is 93.2 Å². The van der Waals surface area contributed by atoms with Crippen LogP contribution in [0.3, 0.4) is 0 Å². The number of aromatic nitrogens is 2. The summed E-state index contributed by atoms with van der Waals surface area (Å²) in [5.74, 6) is 0.555. The molecule has 0 saturated carbocycles. The molecule has 4 heteroatoms. The summed E-state index contributed by atoms with van der Waals surface area (Å²) in [4.78, 5) is 8.54. The van der Waals surface area contributed by atoms with Crippen LogP contribution in [0.25, 0.3) is 17.1 Å². The van der Waals surface area contributed by atoms with E-state index in [0.29, 0.717) is 5.88 Å². The molecule has 0 bridgehead atoms. The maximum Gasteiger partial charge on any atom is 0.213 e. The number of ether oxygens (including phenoxy) is 1. The van der Waals surface area contributed by atoms with Crippen LogP contribution in [0.1, 0.15) is 5.56 Å². The normalized spacial score (nSPS) is 11.1. The first-order valence-electron chi connectivity index (χ1n) is 4.92. The quantitative estimate of drug-likeness (QED) is 0.847. The van der Waals surface area contributed by atoms with Crippen molar-refractivity contribution in [1.82, 2.24) is 9.97 Å². The molecule has 16 heavy (non-hydrogen) atoms. The van der Waals surface area contributed by atoms with Gasteiger partial charge < -0.3 is 9.84 Å². The van der Waals surface area contributed by atoms with Crippen molar-refractivity contribution >= 4 is 17.1 Å². The fourth-order valence-corrected chi connectivity index (χ4v) is 1.46. The van der Waals surface area contributed by atoms with Crippen LogP contribution in [0.5, 0.6) is 5.88 Å². The number of hydrogen-bond acceptors (Lipinski definition) is 4. The van der Waals surface area contributed by atoms with E-state index in [1.54, 1.807) is 25.4 Å². The predicted octanol–water partition coefficient (Wildman–Crippen LogP) is 1.64. The molecule has 0 radical (unpaired) electrons. The Balaban J connectivity index is 2.59. The fourth-order valence-electron chi connectivity index (χ4n) is 1.46. The van der Waals surface area contributed by atoms with Crippen LogP contribution in [-0.2, 0) is 0 Å². The monoisotopic (exact) mass is 216 g/mol. The topological polar surface area (TPSA) is 55.2 Å². The van der Waals surface area contributed by atoms with Crippen LogP contribution in [0.2, 0.25) is 0 Å². The molecule has 4 nitrogen and oxygen atoms in total. The highest BCUT2D eigenvalue weighted by Gasteiger charge is 2.02. The molecule has 0 aromatic carbocycles. The van der Waals surface area contributed by atoms with Crippen LogP contribution in [-0.4, -0.2) is 28.8 Å². The number of rotatable bonds is 3.